The Hall–Kier alpha value is -0.300. The first-order valence-corrected chi connectivity index (χ1v) is 6.78. The summed E-state index contributed by atoms with van der Waals surface area (Å²) in [6, 6.07) is 9.04. The van der Waals surface area contributed by atoms with E-state index in [4.69, 9.17) is 0 Å². The van der Waals surface area contributed by atoms with Gasteiger partial charge < -0.3 is 0 Å². The van der Waals surface area contributed by atoms with E-state index in [2.05, 4.69) is 61.0 Å². The monoisotopic (exact) mass is 268 g/mol. The smallest absolute Gasteiger partial charge is 0.0186 e. The van der Waals surface area contributed by atoms with Crippen LogP contribution in [0.4, 0.5) is 0 Å². The van der Waals surface area contributed by atoms with Crippen LogP contribution in [0.5, 0.6) is 0 Å². The van der Waals surface area contributed by atoms with Crippen LogP contribution in [0.25, 0.3) is 0 Å². The van der Waals surface area contributed by atoms with Crippen molar-refractivity contribution in [1.29, 1.82) is 0 Å². The van der Waals surface area contributed by atoms with Gasteiger partial charge in [-0.15, -0.1) is 0 Å². The van der Waals surface area contributed by atoms with Crippen molar-refractivity contribution in [3.05, 3.63) is 35.4 Å². The summed E-state index contributed by atoms with van der Waals surface area (Å²) in [7, 11) is 0. The predicted molar refractivity (Wildman–Crippen MR) is 71.9 cm³/mol. The first-order chi connectivity index (χ1) is 7.13. The van der Waals surface area contributed by atoms with Crippen molar-refractivity contribution in [3.8, 4) is 0 Å². The van der Waals surface area contributed by atoms with Crippen molar-refractivity contribution in [2.45, 2.75) is 50.8 Å². The Morgan fingerprint density at radius 3 is 2.20 bits per heavy atom. The van der Waals surface area contributed by atoms with Gasteiger partial charge in [0.2, 0.25) is 0 Å². The summed E-state index contributed by atoms with van der Waals surface area (Å²) in [5.74, 6) is 0.634. The van der Waals surface area contributed by atoms with E-state index < -0.39 is 0 Å². The third kappa shape index (κ3) is 4.38. The van der Waals surface area contributed by atoms with Gasteiger partial charge in [-0.05, 0) is 29.9 Å². The summed E-state index contributed by atoms with van der Waals surface area (Å²) in [6.45, 7) is 6.70. The molecule has 15 heavy (non-hydrogen) atoms. The fourth-order valence-electron chi connectivity index (χ4n) is 1.71. The second kappa shape index (κ2) is 6.32. The number of benzene rings is 1. The molecule has 0 radical (unpaired) electrons. The Balaban J connectivity index is 2.56. The number of alkyl halides is 1. The molecule has 0 saturated heterocycles. The number of rotatable bonds is 5. The highest BCUT2D eigenvalue weighted by Crippen LogP contribution is 2.18. The van der Waals surface area contributed by atoms with Crippen LogP contribution in [0.3, 0.4) is 0 Å². The molecule has 0 N–H and O–H groups in total. The lowest BCUT2D eigenvalue weighted by atomic mass is 10.00. The SMILES string of the molecule is CCCC(Br)Cc1ccc(C(C)C)cc1. The van der Waals surface area contributed by atoms with E-state index in [-0.39, 0.29) is 0 Å². The van der Waals surface area contributed by atoms with Gasteiger partial charge in [0.25, 0.3) is 0 Å². The van der Waals surface area contributed by atoms with E-state index in [1.807, 2.05) is 0 Å². The van der Waals surface area contributed by atoms with Crippen LogP contribution < -0.4 is 0 Å². The van der Waals surface area contributed by atoms with Gasteiger partial charge in [0.15, 0.2) is 0 Å². The molecule has 0 aliphatic carbocycles. The average molecular weight is 269 g/mol. The van der Waals surface area contributed by atoms with Crippen LogP contribution in [-0.2, 0) is 6.42 Å². The highest BCUT2D eigenvalue weighted by Gasteiger charge is 2.04. The highest BCUT2D eigenvalue weighted by atomic mass is 79.9. The maximum absolute atomic E-state index is 3.72. The van der Waals surface area contributed by atoms with Crippen molar-refractivity contribution in [2.75, 3.05) is 0 Å². The third-order valence-electron chi connectivity index (χ3n) is 2.71. The average Bonchev–Trinajstić information content (AvgIpc) is 2.18. The Kier molecular flexibility index (Phi) is 5.38. The molecule has 1 atom stereocenters. The Morgan fingerprint density at radius 1 is 1.13 bits per heavy atom. The van der Waals surface area contributed by atoms with Crippen molar-refractivity contribution in [3.63, 3.8) is 0 Å². The lowest BCUT2D eigenvalue weighted by Gasteiger charge is -2.10. The number of hydrogen-bond acceptors (Lipinski definition) is 0. The topological polar surface area (TPSA) is 0 Å². The fourth-order valence-corrected chi connectivity index (χ4v) is 2.54. The minimum atomic E-state index is 0.632. The molecule has 1 aromatic rings. The molecule has 0 saturated carbocycles. The van der Waals surface area contributed by atoms with Crippen molar-refractivity contribution in [2.24, 2.45) is 0 Å². The minimum absolute atomic E-state index is 0.632. The van der Waals surface area contributed by atoms with Gasteiger partial charge in [-0.2, -0.15) is 0 Å². The molecule has 0 heterocycles. The first-order valence-electron chi connectivity index (χ1n) is 5.86. The second-order valence-corrected chi connectivity index (χ2v) is 5.78. The van der Waals surface area contributed by atoms with Gasteiger partial charge in [-0.25, -0.2) is 0 Å². The number of hydrogen-bond donors (Lipinski definition) is 0. The summed E-state index contributed by atoms with van der Waals surface area (Å²) in [4.78, 5) is 0.632. The fraction of sp³-hybridized carbons (Fsp3) is 0.571. The predicted octanol–water partition coefficient (Wildman–Crippen LogP) is 4.92. The van der Waals surface area contributed by atoms with E-state index in [1.165, 1.54) is 24.0 Å². The van der Waals surface area contributed by atoms with Crippen LogP contribution in [-0.4, -0.2) is 4.83 Å². The molecular weight excluding hydrogens is 248 g/mol. The summed E-state index contributed by atoms with van der Waals surface area (Å²) in [5, 5.41) is 0. The maximum atomic E-state index is 3.72. The molecule has 84 valence electrons. The molecule has 1 heteroatoms. The van der Waals surface area contributed by atoms with Crippen molar-refractivity contribution < 1.29 is 0 Å². The van der Waals surface area contributed by atoms with E-state index in [0.717, 1.165) is 6.42 Å². The third-order valence-corrected chi connectivity index (χ3v) is 3.49. The molecule has 0 amide bonds. The molecule has 0 fully saturated rings. The van der Waals surface area contributed by atoms with Crippen LogP contribution in [0.2, 0.25) is 0 Å². The zero-order valence-corrected chi connectivity index (χ0v) is 11.5. The Morgan fingerprint density at radius 2 is 1.73 bits per heavy atom. The first kappa shape index (κ1) is 12.8. The van der Waals surface area contributed by atoms with Gasteiger partial charge in [0, 0.05) is 4.83 Å². The van der Waals surface area contributed by atoms with Gasteiger partial charge in [-0.3, -0.25) is 0 Å². The van der Waals surface area contributed by atoms with Gasteiger partial charge in [0.1, 0.15) is 0 Å². The quantitative estimate of drug-likeness (QED) is 0.666. The summed E-state index contributed by atoms with van der Waals surface area (Å²) >= 11 is 3.72. The molecule has 0 aromatic heterocycles. The van der Waals surface area contributed by atoms with Crippen molar-refractivity contribution in [1.82, 2.24) is 0 Å². The van der Waals surface area contributed by atoms with Crippen LogP contribution in [0.15, 0.2) is 24.3 Å². The lowest BCUT2D eigenvalue weighted by molar-refractivity contribution is 0.744. The number of halogens is 1. The lowest BCUT2D eigenvalue weighted by Crippen LogP contribution is -2.02. The van der Waals surface area contributed by atoms with Gasteiger partial charge in [0.05, 0.1) is 0 Å². The molecule has 0 aliphatic heterocycles. The highest BCUT2D eigenvalue weighted by molar-refractivity contribution is 9.09. The summed E-state index contributed by atoms with van der Waals surface area (Å²) in [6.07, 6.45) is 3.65. The van der Waals surface area contributed by atoms with Gasteiger partial charge >= 0.3 is 0 Å². The van der Waals surface area contributed by atoms with E-state index in [9.17, 15) is 0 Å². The normalized spacial score (nSPS) is 13.1. The Bertz CT molecular complexity index is 274. The minimum Gasteiger partial charge on any atom is -0.0887 e. The van der Waals surface area contributed by atoms with Crippen molar-refractivity contribution >= 4 is 15.9 Å². The molecule has 0 spiro atoms. The zero-order valence-electron chi connectivity index (χ0n) is 9.96. The zero-order chi connectivity index (χ0) is 11.3. The largest absolute Gasteiger partial charge is 0.0887 e. The van der Waals surface area contributed by atoms with Crippen LogP contribution >= 0.6 is 15.9 Å². The molecule has 0 nitrogen and oxygen atoms in total. The summed E-state index contributed by atoms with van der Waals surface area (Å²) < 4.78 is 0. The van der Waals surface area contributed by atoms with E-state index >= 15 is 0 Å². The molecule has 0 aliphatic rings. The van der Waals surface area contributed by atoms with E-state index in [1.54, 1.807) is 0 Å². The second-order valence-electron chi connectivity index (χ2n) is 4.49. The van der Waals surface area contributed by atoms with E-state index in [0.29, 0.717) is 10.7 Å². The van der Waals surface area contributed by atoms with Gasteiger partial charge in [-0.1, -0.05) is 67.4 Å². The summed E-state index contributed by atoms with van der Waals surface area (Å²) in [5.41, 5.74) is 2.87. The van der Waals surface area contributed by atoms with Crippen LogP contribution in [0, 0.1) is 0 Å². The molecule has 1 unspecified atom stereocenters. The standard InChI is InChI=1S/C14H21Br/c1-4-5-14(15)10-12-6-8-13(9-7-12)11(2)3/h6-9,11,14H,4-5,10H2,1-3H3. The Labute approximate surface area is 102 Å². The molecule has 1 aromatic carbocycles. The molecule has 1 rings (SSSR count). The maximum Gasteiger partial charge on any atom is 0.0186 e. The molecule has 0 bridgehead atoms. The van der Waals surface area contributed by atoms with Crippen LogP contribution in [0.1, 0.15) is 50.7 Å². The molecular formula is C14H21Br.